The maximum absolute atomic E-state index is 4.82. The lowest BCUT2D eigenvalue weighted by atomic mass is 10.1. The van der Waals surface area contributed by atoms with Gasteiger partial charge < -0.3 is 10.3 Å². The van der Waals surface area contributed by atoms with Gasteiger partial charge in [0.1, 0.15) is 0 Å². The Balaban J connectivity index is 1.37. The molecule has 0 spiro atoms. The summed E-state index contributed by atoms with van der Waals surface area (Å²) in [4.78, 5) is 17.1. The Morgan fingerprint density at radius 2 is 1.77 bits per heavy atom. The third-order valence-electron chi connectivity index (χ3n) is 5.45. The van der Waals surface area contributed by atoms with Crippen LogP contribution >= 0.6 is 0 Å². The molecule has 0 saturated heterocycles. The van der Waals surface area contributed by atoms with Crippen molar-refractivity contribution in [2.75, 3.05) is 11.9 Å². The lowest BCUT2D eigenvalue weighted by molar-refractivity contribution is 0.908. The molecule has 0 saturated carbocycles. The summed E-state index contributed by atoms with van der Waals surface area (Å²) in [6.07, 6.45) is 6.46. The summed E-state index contributed by atoms with van der Waals surface area (Å²) in [5.74, 6) is 1.31. The number of rotatable bonds is 5. The zero-order valence-electron chi connectivity index (χ0n) is 16.7. The van der Waals surface area contributed by atoms with Crippen LogP contribution in [0, 0.1) is 0 Å². The smallest absolute Gasteiger partial charge is 0.226 e. The highest BCUT2D eigenvalue weighted by atomic mass is 15.4. The van der Waals surface area contributed by atoms with E-state index in [9.17, 15) is 0 Å². The van der Waals surface area contributed by atoms with Gasteiger partial charge in [-0.15, -0.1) is 5.10 Å². The Hall–Kier alpha value is -4.26. The van der Waals surface area contributed by atoms with Crippen LogP contribution in [0.4, 0.5) is 5.95 Å². The quantitative estimate of drug-likeness (QED) is 0.442. The van der Waals surface area contributed by atoms with Crippen molar-refractivity contribution < 1.29 is 0 Å². The van der Waals surface area contributed by atoms with Gasteiger partial charge in [-0.3, -0.25) is 4.98 Å². The van der Waals surface area contributed by atoms with Crippen molar-refractivity contribution in [1.29, 1.82) is 0 Å². The van der Waals surface area contributed by atoms with E-state index in [0.717, 1.165) is 40.6 Å². The van der Waals surface area contributed by atoms with Gasteiger partial charge in [0, 0.05) is 47.0 Å². The van der Waals surface area contributed by atoms with Gasteiger partial charge >= 0.3 is 0 Å². The molecule has 2 aromatic carbocycles. The molecule has 0 radical (unpaired) electrons. The number of nitrogens with one attached hydrogen (secondary N) is 2. The topological polar surface area (TPSA) is 83.8 Å². The molecule has 150 valence electrons. The van der Waals surface area contributed by atoms with E-state index in [1.807, 2.05) is 42.5 Å². The average Bonchev–Trinajstić information content (AvgIpc) is 3.45. The number of para-hydroxylation sites is 2. The van der Waals surface area contributed by atoms with Crippen LogP contribution in [0.25, 0.3) is 38.8 Å². The van der Waals surface area contributed by atoms with Crippen molar-refractivity contribution >= 4 is 33.4 Å². The van der Waals surface area contributed by atoms with Gasteiger partial charge in [-0.25, -0.2) is 9.97 Å². The third kappa shape index (κ3) is 3.07. The number of aromatic amines is 1. The lowest BCUT2D eigenvalue weighted by Crippen LogP contribution is -2.11. The highest BCUT2D eigenvalue weighted by Crippen LogP contribution is 2.24. The minimum Gasteiger partial charge on any atom is -0.361 e. The van der Waals surface area contributed by atoms with E-state index in [-0.39, 0.29) is 0 Å². The number of aromatic nitrogens is 6. The van der Waals surface area contributed by atoms with Crippen LogP contribution in [0.5, 0.6) is 0 Å². The van der Waals surface area contributed by atoms with E-state index in [2.05, 4.69) is 39.7 Å². The number of hydrogen-bond donors (Lipinski definition) is 2. The molecule has 4 aromatic heterocycles. The molecular weight excluding hydrogens is 386 g/mol. The monoisotopic (exact) mass is 405 g/mol. The first-order valence-corrected chi connectivity index (χ1v) is 10.2. The second-order valence-corrected chi connectivity index (χ2v) is 7.40. The standard InChI is InChI=1S/C24H19N7/c1-3-9-20-18(7-1)16(15-27-20)11-13-26-24-28-21-10-4-2-8-19(21)23-29-22(30-31(23)24)17-6-5-12-25-14-17/h1-10,12,14-15,27H,11,13H2,(H,26,28). The summed E-state index contributed by atoms with van der Waals surface area (Å²) in [6.45, 7) is 0.727. The minimum absolute atomic E-state index is 0.630. The molecule has 0 aliphatic heterocycles. The third-order valence-corrected chi connectivity index (χ3v) is 5.45. The molecule has 7 heteroatoms. The van der Waals surface area contributed by atoms with E-state index < -0.39 is 0 Å². The van der Waals surface area contributed by atoms with Crippen LogP contribution in [-0.2, 0) is 6.42 Å². The summed E-state index contributed by atoms with van der Waals surface area (Å²) in [5.41, 5.74) is 4.96. The second-order valence-electron chi connectivity index (χ2n) is 7.40. The first kappa shape index (κ1) is 17.6. The molecular formula is C24H19N7. The Kier molecular flexibility index (Phi) is 4.09. The fourth-order valence-corrected chi connectivity index (χ4v) is 3.93. The largest absolute Gasteiger partial charge is 0.361 e. The van der Waals surface area contributed by atoms with Gasteiger partial charge in [0.05, 0.1) is 5.52 Å². The number of benzene rings is 2. The zero-order valence-corrected chi connectivity index (χ0v) is 16.7. The molecule has 0 aliphatic rings. The summed E-state index contributed by atoms with van der Waals surface area (Å²) in [7, 11) is 0. The Morgan fingerprint density at radius 3 is 2.68 bits per heavy atom. The summed E-state index contributed by atoms with van der Waals surface area (Å²) in [6, 6.07) is 20.2. The highest BCUT2D eigenvalue weighted by molar-refractivity contribution is 5.92. The maximum Gasteiger partial charge on any atom is 0.226 e. The van der Waals surface area contributed by atoms with Crippen molar-refractivity contribution in [1.82, 2.24) is 29.5 Å². The molecule has 0 bridgehead atoms. The first-order valence-electron chi connectivity index (χ1n) is 10.2. The predicted molar refractivity (Wildman–Crippen MR) is 122 cm³/mol. The molecule has 6 aromatic rings. The van der Waals surface area contributed by atoms with Gasteiger partial charge in [-0.1, -0.05) is 30.3 Å². The van der Waals surface area contributed by atoms with Gasteiger partial charge in [-0.05, 0) is 42.3 Å². The molecule has 0 aliphatic carbocycles. The van der Waals surface area contributed by atoms with Gasteiger partial charge in [0.25, 0.3) is 0 Å². The van der Waals surface area contributed by atoms with E-state index >= 15 is 0 Å². The van der Waals surface area contributed by atoms with Gasteiger partial charge in [0.2, 0.25) is 5.95 Å². The van der Waals surface area contributed by atoms with E-state index in [1.54, 1.807) is 16.9 Å². The van der Waals surface area contributed by atoms with Gasteiger partial charge in [-0.2, -0.15) is 4.52 Å². The zero-order chi connectivity index (χ0) is 20.6. The summed E-state index contributed by atoms with van der Waals surface area (Å²) >= 11 is 0. The van der Waals surface area contributed by atoms with Crippen LogP contribution < -0.4 is 5.32 Å². The van der Waals surface area contributed by atoms with Crippen molar-refractivity contribution in [2.45, 2.75) is 6.42 Å². The first-order chi connectivity index (χ1) is 15.4. The second kappa shape index (κ2) is 7.21. The Labute approximate surface area is 177 Å². The maximum atomic E-state index is 4.82. The van der Waals surface area contributed by atoms with Crippen molar-refractivity contribution in [3.8, 4) is 11.4 Å². The number of anilines is 1. The highest BCUT2D eigenvalue weighted by Gasteiger charge is 2.14. The number of H-pyrrole nitrogens is 1. The Morgan fingerprint density at radius 1 is 0.903 bits per heavy atom. The van der Waals surface area contributed by atoms with Crippen molar-refractivity contribution in [3.05, 3.63) is 84.8 Å². The molecule has 7 nitrogen and oxygen atoms in total. The predicted octanol–water partition coefficient (Wildman–Crippen LogP) is 4.48. The minimum atomic E-state index is 0.630. The van der Waals surface area contributed by atoms with Gasteiger partial charge in [0.15, 0.2) is 11.5 Å². The van der Waals surface area contributed by atoms with E-state index in [4.69, 9.17) is 15.1 Å². The fraction of sp³-hybridized carbons (Fsp3) is 0.0833. The molecule has 2 N–H and O–H groups in total. The number of fused-ring (bicyclic) bond motifs is 4. The Bertz CT molecular complexity index is 1520. The molecule has 0 atom stereocenters. The normalized spacial score (nSPS) is 11.5. The molecule has 4 heterocycles. The van der Waals surface area contributed by atoms with Crippen LogP contribution in [0.2, 0.25) is 0 Å². The van der Waals surface area contributed by atoms with Crippen molar-refractivity contribution in [2.24, 2.45) is 0 Å². The number of pyridine rings is 1. The average molecular weight is 405 g/mol. The van der Waals surface area contributed by atoms with Crippen molar-refractivity contribution in [3.63, 3.8) is 0 Å². The van der Waals surface area contributed by atoms with Crippen LogP contribution in [0.3, 0.4) is 0 Å². The van der Waals surface area contributed by atoms with Crippen LogP contribution in [0.1, 0.15) is 5.56 Å². The summed E-state index contributed by atoms with van der Waals surface area (Å²) < 4.78 is 1.79. The fourth-order valence-electron chi connectivity index (χ4n) is 3.93. The molecule has 0 fully saturated rings. The number of nitrogens with zero attached hydrogens (tertiary/aromatic N) is 5. The lowest BCUT2D eigenvalue weighted by Gasteiger charge is -2.08. The molecule has 6 rings (SSSR count). The molecule has 0 unspecified atom stereocenters. The number of hydrogen-bond acceptors (Lipinski definition) is 5. The van der Waals surface area contributed by atoms with Crippen LogP contribution in [0.15, 0.2) is 79.3 Å². The molecule has 0 amide bonds. The summed E-state index contributed by atoms with van der Waals surface area (Å²) in [5, 5.41) is 10.4. The van der Waals surface area contributed by atoms with E-state index in [1.165, 1.54) is 10.9 Å². The molecule has 31 heavy (non-hydrogen) atoms. The SMILES string of the molecule is c1cncc(-c2nc3c4ccccc4nc(NCCc4c[nH]c5ccccc45)n3n2)c1. The van der Waals surface area contributed by atoms with Crippen LogP contribution in [-0.4, -0.2) is 36.1 Å². The van der Waals surface area contributed by atoms with E-state index in [0.29, 0.717) is 11.8 Å².